The lowest BCUT2D eigenvalue weighted by molar-refractivity contribution is 0.355. The van der Waals surface area contributed by atoms with Crippen molar-refractivity contribution in [2.45, 2.75) is 32.2 Å². The molecule has 1 fully saturated rings. The van der Waals surface area contributed by atoms with Crippen LogP contribution in [0.15, 0.2) is 18.5 Å². The summed E-state index contributed by atoms with van der Waals surface area (Å²) in [4.78, 5) is 11.3. The van der Waals surface area contributed by atoms with E-state index in [1.54, 1.807) is 20.5 Å². The van der Waals surface area contributed by atoms with Gasteiger partial charge in [-0.25, -0.2) is 9.97 Å². The Morgan fingerprint density at radius 3 is 2.57 bits per heavy atom. The molecule has 1 aliphatic rings. The summed E-state index contributed by atoms with van der Waals surface area (Å²) in [6.07, 6.45) is 5.34. The zero-order valence-electron chi connectivity index (χ0n) is 12.8. The van der Waals surface area contributed by atoms with E-state index in [2.05, 4.69) is 21.8 Å². The predicted octanol–water partition coefficient (Wildman–Crippen LogP) is 3.03. The van der Waals surface area contributed by atoms with Gasteiger partial charge in [0.15, 0.2) is 11.5 Å². The molecule has 1 aromatic heterocycles. The first kappa shape index (κ1) is 13.9. The van der Waals surface area contributed by atoms with E-state index in [1.165, 1.54) is 19.3 Å². The number of nitrogens with zero attached hydrogens (tertiary/aromatic N) is 3. The number of rotatable bonds is 3. The van der Waals surface area contributed by atoms with Crippen molar-refractivity contribution in [3.05, 3.63) is 18.5 Å². The Hall–Kier alpha value is -2.04. The maximum Gasteiger partial charge on any atom is 0.162 e. The summed E-state index contributed by atoms with van der Waals surface area (Å²) < 4.78 is 10.8. The van der Waals surface area contributed by atoms with Gasteiger partial charge in [0.05, 0.1) is 19.7 Å². The number of anilines is 1. The molecule has 5 heteroatoms. The molecule has 1 aromatic carbocycles. The summed E-state index contributed by atoms with van der Waals surface area (Å²) in [5.41, 5.74) is 0.885. The third-order valence-corrected chi connectivity index (χ3v) is 4.19. The van der Waals surface area contributed by atoms with Crippen LogP contribution in [0.5, 0.6) is 11.5 Å². The topological polar surface area (TPSA) is 47.5 Å². The molecule has 2 aromatic rings. The van der Waals surface area contributed by atoms with Crippen LogP contribution in [0.3, 0.4) is 0 Å². The molecule has 21 heavy (non-hydrogen) atoms. The lowest BCUT2D eigenvalue weighted by Crippen LogP contribution is -2.38. The first-order chi connectivity index (χ1) is 10.2. The van der Waals surface area contributed by atoms with Crippen LogP contribution in [0.4, 0.5) is 5.82 Å². The van der Waals surface area contributed by atoms with E-state index >= 15 is 0 Å². The van der Waals surface area contributed by atoms with Crippen molar-refractivity contribution in [1.29, 1.82) is 0 Å². The maximum atomic E-state index is 5.41. The number of benzene rings is 1. The van der Waals surface area contributed by atoms with Gasteiger partial charge in [-0.15, -0.1) is 0 Å². The van der Waals surface area contributed by atoms with Gasteiger partial charge < -0.3 is 14.4 Å². The standard InChI is InChI=1S/C16H21N3O2/c1-11-6-4-5-7-19(11)16-12-8-14(20-2)15(21-3)9-13(12)17-10-18-16/h8-11H,4-7H2,1-3H3/t11-/m1/s1. The van der Waals surface area contributed by atoms with E-state index in [-0.39, 0.29) is 0 Å². The van der Waals surface area contributed by atoms with Gasteiger partial charge in [-0.3, -0.25) is 0 Å². The van der Waals surface area contributed by atoms with Gasteiger partial charge in [-0.1, -0.05) is 0 Å². The van der Waals surface area contributed by atoms with E-state index < -0.39 is 0 Å². The molecule has 1 atom stereocenters. The van der Waals surface area contributed by atoms with Crippen LogP contribution < -0.4 is 14.4 Å². The lowest BCUT2D eigenvalue weighted by atomic mass is 10.0. The Labute approximate surface area is 124 Å². The quantitative estimate of drug-likeness (QED) is 0.868. The maximum absolute atomic E-state index is 5.41. The first-order valence-corrected chi connectivity index (χ1v) is 7.38. The molecule has 0 saturated carbocycles. The molecule has 3 rings (SSSR count). The van der Waals surface area contributed by atoms with Gasteiger partial charge in [0, 0.05) is 24.0 Å². The molecule has 2 heterocycles. The summed E-state index contributed by atoms with van der Waals surface area (Å²) in [7, 11) is 3.29. The highest BCUT2D eigenvalue weighted by Gasteiger charge is 2.22. The largest absolute Gasteiger partial charge is 0.493 e. The Balaban J connectivity index is 2.14. The molecule has 0 aliphatic carbocycles. The van der Waals surface area contributed by atoms with E-state index in [0.29, 0.717) is 17.5 Å². The number of aromatic nitrogens is 2. The summed E-state index contributed by atoms with van der Waals surface area (Å²) in [6, 6.07) is 4.39. The number of fused-ring (bicyclic) bond motifs is 1. The molecule has 112 valence electrons. The van der Waals surface area contributed by atoms with Gasteiger partial charge in [0.2, 0.25) is 0 Å². The fraction of sp³-hybridized carbons (Fsp3) is 0.500. The summed E-state index contributed by atoms with van der Waals surface area (Å²) in [6.45, 7) is 3.30. The van der Waals surface area contributed by atoms with E-state index in [9.17, 15) is 0 Å². The molecule has 1 aliphatic heterocycles. The van der Waals surface area contributed by atoms with Crippen molar-refractivity contribution < 1.29 is 9.47 Å². The normalized spacial score (nSPS) is 18.8. The third-order valence-electron chi connectivity index (χ3n) is 4.19. The van der Waals surface area contributed by atoms with Crippen molar-refractivity contribution in [3.63, 3.8) is 0 Å². The Kier molecular flexibility index (Phi) is 3.82. The molecule has 0 N–H and O–H groups in total. The second kappa shape index (κ2) is 5.76. The predicted molar refractivity (Wildman–Crippen MR) is 83.3 cm³/mol. The fourth-order valence-electron chi connectivity index (χ4n) is 3.01. The second-order valence-corrected chi connectivity index (χ2v) is 5.46. The van der Waals surface area contributed by atoms with E-state index in [4.69, 9.17) is 9.47 Å². The summed E-state index contributed by atoms with van der Waals surface area (Å²) in [5.74, 6) is 2.40. The monoisotopic (exact) mass is 287 g/mol. The molecular weight excluding hydrogens is 266 g/mol. The van der Waals surface area contributed by atoms with Crippen molar-refractivity contribution in [3.8, 4) is 11.5 Å². The molecule has 0 unspecified atom stereocenters. The van der Waals surface area contributed by atoms with Crippen LogP contribution in [0, 0.1) is 0 Å². The number of hydrogen-bond acceptors (Lipinski definition) is 5. The molecule has 0 bridgehead atoms. The summed E-state index contributed by atoms with van der Waals surface area (Å²) >= 11 is 0. The van der Waals surface area contributed by atoms with Gasteiger partial charge in [0.25, 0.3) is 0 Å². The average Bonchev–Trinajstić information content (AvgIpc) is 2.53. The lowest BCUT2D eigenvalue weighted by Gasteiger charge is -2.35. The third kappa shape index (κ3) is 2.48. The SMILES string of the molecule is COc1cc2ncnc(N3CCCC[C@H]3C)c2cc1OC. The van der Waals surface area contributed by atoms with Crippen LogP contribution in [-0.2, 0) is 0 Å². The molecule has 5 nitrogen and oxygen atoms in total. The van der Waals surface area contributed by atoms with E-state index in [0.717, 1.165) is 23.3 Å². The van der Waals surface area contributed by atoms with Crippen molar-refractivity contribution in [2.24, 2.45) is 0 Å². The number of piperidine rings is 1. The Bertz CT molecular complexity index is 645. The van der Waals surface area contributed by atoms with E-state index in [1.807, 2.05) is 12.1 Å². The van der Waals surface area contributed by atoms with Crippen LogP contribution >= 0.6 is 0 Å². The highest BCUT2D eigenvalue weighted by Crippen LogP contribution is 2.36. The minimum absolute atomic E-state index is 0.505. The van der Waals surface area contributed by atoms with Gasteiger partial charge in [-0.2, -0.15) is 0 Å². The minimum Gasteiger partial charge on any atom is -0.493 e. The van der Waals surface area contributed by atoms with Gasteiger partial charge >= 0.3 is 0 Å². The zero-order chi connectivity index (χ0) is 14.8. The highest BCUT2D eigenvalue weighted by atomic mass is 16.5. The molecule has 0 radical (unpaired) electrons. The zero-order valence-corrected chi connectivity index (χ0v) is 12.8. The number of methoxy groups -OCH3 is 2. The molecule has 0 amide bonds. The molecular formula is C16H21N3O2. The second-order valence-electron chi connectivity index (χ2n) is 5.46. The average molecular weight is 287 g/mol. The van der Waals surface area contributed by atoms with Crippen LogP contribution in [0.25, 0.3) is 10.9 Å². The highest BCUT2D eigenvalue weighted by molar-refractivity contribution is 5.92. The van der Waals surface area contributed by atoms with Crippen molar-refractivity contribution >= 4 is 16.7 Å². The van der Waals surface area contributed by atoms with Crippen LogP contribution in [0.1, 0.15) is 26.2 Å². The molecule has 0 spiro atoms. The van der Waals surface area contributed by atoms with Gasteiger partial charge in [-0.05, 0) is 32.3 Å². The summed E-state index contributed by atoms with van der Waals surface area (Å²) in [5, 5.41) is 1.02. The number of ether oxygens (including phenoxy) is 2. The van der Waals surface area contributed by atoms with Gasteiger partial charge in [0.1, 0.15) is 12.1 Å². The Morgan fingerprint density at radius 1 is 1.10 bits per heavy atom. The molecule has 1 saturated heterocycles. The first-order valence-electron chi connectivity index (χ1n) is 7.38. The Morgan fingerprint density at radius 2 is 1.86 bits per heavy atom. The smallest absolute Gasteiger partial charge is 0.162 e. The number of hydrogen-bond donors (Lipinski definition) is 0. The fourth-order valence-corrected chi connectivity index (χ4v) is 3.01. The van der Waals surface area contributed by atoms with Crippen molar-refractivity contribution in [1.82, 2.24) is 9.97 Å². The minimum atomic E-state index is 0.505. The van der Waals surface area contributed by atoms with Crippen LogP contribution in [0.2, 0.25) is 0 Å². The van der Waals surface area contributed by atoms with Crippen LogP contribution in [-0.4, -0.2) is 36.8 Å². The van der Waals surface area contributed by atoms with Crippen molar-refractivity contribution in [2.75, 3.05) is 25.7 Å².